The fraction of sp³-hybridized carbons (Fsp3) is 0.900. The molecule has 6 nitrogen and oxygen atoms in total. The third-order valence-corrected chi connectivity index (χ3v) is 5.05. The number of carboxylic acids is 1. The summed E-state index contributed by atoms with van der Waals surface area (Å²) in [6, 6.07) is -0.0675. The predicted octanol–water partition coefficient (Wildman–Crippen LogP) is -0.183. The molecule has 1 heterocycles. The number of aliphatic carboxylic acids is 1. The molecule has 1 fully saturated rings. The largest absolute Gasteiger partial charge is 0.480 e. The smallest absolute Gasteiger partial charge is 0.320 e. The minimum atomic E-state index is -3.67. The molecule has 0 bridgehead atoms. The molecule has 0 aromatic rings. The van der Waals surface area contributed by atoms with E-state index in [-0.39, 0.29) is 6.04 Å². The van der Waals surface area contributed by atoms with E-state index in [9.17, 15) is 13.2 Å². The lowest BCUT2D eigenvalue weighted by molar-refractivity contribution is -0.134. The quantitative estimate of drug-likeness (QED) is 0.745. The van der Waals surface area contributed by atoms with Gasteiger partial charge in [0.1, 0.15) is 0 Å². The molecule has 17 heavy (non-hydrogen) atoms. The summed E-state index contributed by atoms with van der Waals surface area (Å²) < 4.78 is 24.7. The Hall–Kier alpha value is -0.660. The first-order valence-electron chi connectivity index (χ1n) is 5.76. The van der Waals surface area contributed by atoms with Gasteiger partial charge in [-0.2, -0.15) is 0 Å². The van der Waals surface area contributed by atoms with Gasteiger partial charge in [-0.1, -0.05) is 6.92 Å². The summed E-state index contributed by atoms with van der Waals surface area (Å²) in [5, 5.41) is 8.56. The number of rotatable bonds is 5. The van der Waals surface area contributed by atoms with Gasteiger partial charge in [0, 0.05) is 13.1 Å². The van der Waals surface area contributed by atoms with Crippen LogP contribution in [0.15, 0.2) is 0 Å². The molecular formula is C10H20N2O4S. The van der Waals surface area contributed by atoms with Gasteiger partial charge in [-0.3, -0.25) is 4.79 Å². The molecule has 0 radical (unpaired) electrons. The molecule has 0 atom stereocenters. The van der Waals surface area contributed by atoms with Crippen molar-refractivity contribution in [2.75, 3.05) is 32.4 Å². The van der Waals surface area contributed by atoms with Crippen molar-refractivity contribution in [1.82, 2.24) is 9.21 Å². The molecule has 0 unspecified atom stereocenters. The van der Waals surface area contributed by atoms with Gasteiger partial charge < -0.3 is 10.0 Å². The monoisotopic (exact) mass is 264 g/mol. The number of nitrogens with zero attached hydrogens (tertiary/aromatic N) is 2. The van der Waals surface area contributed by atoms with Crippen molar-refractivity contribution in [3.05, 3.63) is 0 Å². The maximum atomic E-state index is 11.7. The van der Waals surface area contributed by atoms with Crippen LogP contribution >= 0.6 is 0 Å². The van der Waals surface area contributed by atoms with Gasteiger partial charge in [-0.25, -0.2) is 12.7 Å². The van der Waals surface area contributed by atoms with Crippen LogP contribution in [-0.4, -0.2) is 67.2 Å². The topological polar surface area (TPSA) is 77.9 Å². The molecule has 0 spiro atoms. The minimum Gasteiger partial charge on any atom is -0.480 e. The van der Waals surface area contributed by atoms with E-state index >= 15 is 0 Å². The van der Waals surface area contributed by atoms with Crippen molar-refractivity contribution in [3.8, 4) is 0 Å². The number of carboxylic acid groups (broad SMARTS) is 1. The third kappa shape index (κ3) is 3.93. The number of hydrogen-bond acceptors (Lipinski definition) is 4. The Morgan fingerprint density at radius 1 is 1.41 bits per heavy atom. The van der Waals surface area contributed by atoms with Crippen molar-refractivity contribution in [3.63, 3.8) is 0 Å². The van der Waals surface area contributed by atoms with Crippen LogP contribution in [0.3, 0.4) is 0 Å². The van der Waals surface area contributed by atoms with E-state index in [4.69, 9.17) is 5.11 Å². The molecule has 1 aliphatic rings. The van der Waals surface area contributed by atoms with Crippen LogP contribution in [0.25, 0.3) is 0 Å². The molecule has 1 rings (SSSR count). The van der Waals surface area contributed by atoms with Gasteiger partial charge in [0.25, 0.3) is 0 Å². The molecule has 7 heteroatoms. The lowest BCUT2D eigenvalue weighted by atomic mass is 10.1. The third-order valence-electron chi connectivity index (χ3n) is 3.26. The van der Waals surface area contributed by atoms with Crippen LogP contribution in [0.4, 0.5) is 0 Å². The Kier molecular flexibility index (Phi) is 4.91. The summed E-state index contributed by atoms with van der Waals surface area (Å²) in [4.78, 5) is 12.7. The number of carbonyl (C=O) groups is 1. The number of piperidine rings is 1. The maximum Gasteiger partial charge on any atom is 0.320 e. The lowest BCUT2D eigenvalue weighted by Gasteiger charge is -2.35. The van der Waals surface area contributed by atoms with Gasteiger partial charge in [-0.05, 0) is 32.5 Å². The summed E-state index contributed by atoms with van der Waals surface area (Å²) in [7, 11) is -2.19. The van der Waals surface area contributed by atoms with Crippen molar-refractivity contribution < 1.29 is 18.3 Å². The second-order valence-electron chi connectivity index (χ2n) is 4.33. The molecular weight excluding hydrogens is 244 g/mol. The molecule has 1 N–H and O–H groups in total. The van der Waals surface area contributed by atoms with E-state index in [0.717, 1.165) is 32.5 Å². The summed E-state index contributed by atoms with van der Waals surface area (Å²) in [5.41, 5.74) is 0. The molecule has 0 aromatic carbocycles. The Morgan fingerprint density at radius 2 is 1.94 bits per heavy atom. The molecule has 0 aromatic heterocycles. The number of hydrogen-bond donors (Lipinski definition) is 1. The molecule has 1 aliphatic heterocycles. The number of sulfonamides is 1. The number of likely N-dealkylation sites (tertiary alicyclic amines) is 1. The van der Waals surface area contributed by atoms with E-state index in [0.29, 0.717) is 0 Å². The Labute approximate surface area is 102 Å². The molecule has 1 saturated heterocycles. The summed E-state index contributed by atoms with van der Waals surface area (Å²) in [6.07, 6.45) is 1.53. The van der Waals surface area contributed by atoms with Gasteiger partial charge >= 0.3 is 5.97 Å². The second kappa shape index (κ2) is 5.79. The summed E-state index contributed by atoms with van der Waals surface area (Å²) in [5.74, 6) is -2.12. The zero-order valence-electron chi connectivity index (χ0n) is 10.3. The van der Waals surface area contributed by atoms with Crippen LogP contribution in [0.2, 0.25) is 0 Å². The maximum absolute atomic E-state index is 11.7. The van der Waals surface area contributed by atoms with E-state index in [2.05, 4.69) is 11.8 Å². The van der Waals surface area contributed by atoms with E-state index < -0.39 is 21.7 Å². The Bertz CT molecular complexity index is 361. The van der Waals surface area contributed by atoms with E-state index in [1.54, 1.807) is 0 Å². The highest BCUT2D eigenvalue weighted by Gasteiger charge is 2.30. The minimum absolute atomic E-state index is 0.0675. The predicted molar refractivity (Wildman–Crippen MR) is 64.3 cm³/mol. The van der Waals surface area contributed by atoms with Crippen molar-refractivity contribution >= 4 is 16.0 Å². The Morgan fingerprint density at radius 3 is 2.35 bits per heavy atom. The van der Waals surface area contributed by atoms with Crippen molar-refractivity contribution in [2.45, 2.75) is 25.8 Å². The highest BCUT2D eigenvalue weighted by molar-refractivity contribution is 7.89. The van der Waals surface area contributed by atoms with Gasteiger partial charge in [0.15, 0.2) is 5.75 Å². The van der Waals surface area contributed by atoms with Crippen LogP contribution in [-0.2, 0) is 14.8 Å². The highest BCUT2D eigenvalue weighted by atomic mass is 32.2. The van der Waals surface area contributed by atoms with Crippen LogP contribution < -0.4 is 0 Å². The standard InChI is InChI=1S/C10H20N2O4S/c1-3-12-6-4-9(5-7-12)11(2)17(15,16)8-10(13)14/h9H,3-8H2,1-2H3,(H,13,14). The SMILES string of the molecule is CCN1CCC(N(C)S(=O)(=O)CC(=O)O)CC1. The average molecular weight is 264 g/mol. The molecule has 0 aliphatic carbocycles. The lowest BCUT2D eigenvalue weighted by Crippen LogP contribution is -2.46. The first-order valence-corrected chi connectivity index (χ1v) is 7.37. The van der Waals surface area contributed by atoms with Gasteiger partial charge in [0.2, 0.25) is 10.0 Å². The highest BCUT2D eigenvalue weighted by Crippen LogP contribution is 2.17. The van der Waals surface area contributed by atoms with Crippen LogP contribution in [0.5, 0.6) is 0 Å². The molecule has 0 amide bonds. The second-order valence-corrected chi connectivity index (χ2v) is 6.36. The first kappa shape index (κ1) is 14.4. The van der Waals surface area contributed by atoms with E-state index in [1.807, 2.05) is 0 Å². The average Bonchev–Trinajstić information content (AvgIpc) is 2.26. The molecule has 100 valence electrons. The summed E-state index contributed by atoms with van der Waals surface area (Å²) in [6.45, 7) is 4.78. The fourth-order valence-corrected chi connectivity index (χ4v) is 3.26. The fourth-order valence-electron chi connectivity index (χ4n) is 2.08. The summed E-state index contributed by atoms with van der Waals surface area (Å²) >= 11 is 0. The zero-order valence-corrected chi connectivity index (χ0v) is 11.1. The van der Waals surface area contributed by atoms with Gasteiger partial charge in [0.05, 0.1) is 0 Å². The Balaban J connectivity index is 2.59. The van der Waals surface area contributed by atoms with Crippen LogP contribution in [0.1, 0.15) is 19.8 Å². The first-order chi connectivity index (χ1) is 7.86. The van der Waals surface area contributed by atoms with Crippen LogP contribution in [0, 0.1) is 0 Å². The molecule has 0 saturated carbocycles. The van der Waals surface area contributed by atoms with Gasteiger partial charge in [-0.15, -0.1) is 0 Å². The van der Waals surface area contributed by atoms with E-state index in [1.165, 1.54) is 11.4 Å². The van der Waals surface area contributed by atoms with Crippen molar-refractivity contribution in [2.24, 2.45) is 0 Å². The van der Waals surface area contributed by atoms with Crippen molar-refractivity contribution in [1.29, 1.82) is 0 Å². The zero-order chi connectivity index (χ0) is 13.1. The normalized spacial score (nSPS) is 19.7.